The van der Waals surface area contributed by atoms with E-state index in [9.17, 15) is 18.0 Å². The van der Waals surface area contributed by atoms with Crippen LogP contribution in [0, 0.1) is 0 Å². The number of alkyl halides is 3. The van der Waals surface area contributed by atoms with Crippen molar-refractivity contribution in [1.29, 1.82) is 0 Å². The highest BCUT2D eigenvalue weighted by molar-refractivity contribution is 5.65. The number of hydrogen-bond donors (Lipinski definition) is 1. The maximum absolute atomic E-state index is 12.6. The van der Waals surface area contributed by atoms with E-state index in [4.69, 9.17) is 5.11 Å². The predicted molar refractivity (Wildman–Crippen MR) is 91.1 cm³/mol. The van der Waals surface area contributed by atoms with Crippen molar-refractivity contribution in [3.05, 3.63) is 48.2 Å². The normalized spacial score (nSPS) is 15.7. The van der Waals surface area contributed by atoms with Crippen LogP contribution in [-0.4, -0.2) is 47.3 Å². The predicted octanol–water partition coefficient (Wildman–Crippen LogP) is 3.96. The molecule has 0 atom stereocenters. The molecule has 2 heterocycles. The first-order chi connectivity index (χ1) is 12.3. The second-order valence-corrected chi connectivity index (χ2v) is 6.09. The summed E-state index contributed by atoms with van der Waals surface area (Å²) in [5.41, 5.74) is 0.702. The lowest BCUT2D eigenvalue weighted by Gasteiger charge is -2.22. The van der Waals surface area contributed by atoms with Crippen molar-refractivity contribution in [1.82, 2.24) is 9.88 Å². The van der Waals surface area contributed by atoms with Crippen LogP contribution < -0.4 is 4.90 Å². The number of carbonyl (C=O) groups is 1. The van der Waals surface area contributed by atoms with Gasteiger partial charge in [-0.05, 0) is 36.2 Å². The van der Waals surface area contributed by atoms with Crippen LogP contribution in [0.15, 0.2) is 42.6 Å². The van der Waals surface area contributed by atoms with Crippen molar-refractivity contribution >= 4 is 11.9 Å². The minimum atomic E-state index is -4.35. The monoisotopic (exact) mass is 365 g/mol. The Morgan fingerprint density at radius 1 is 0.962 bits per heavy atom. The Bertz CT molecular complexity index is 761. The Balaban J connectivity index is 1.71. The summed E-state index contributed by atoms with van der Waals surface area (Å²) in [6.45, 7) is 2.17. The van der Waals surface area contributed by atoms with Crippen molar-refractivity contribution in [2.75, 3.05) is 31.1 Å². The third-order valence-corrected chi connectivity index (χ3v) is 4.38. The highest BCUT2D eigenvalue weighted by Gasteiger charge is 2.30. The molecule has 1 aromatic carbocycles. The number of pyridine rings is 1. The Morgan fingerprint density at radius 2 is 1.65 bits per heavy atom. The van der Waals surface area contributed by atoms with Gasteiger partial charge in [-0.25, -0.2) is 9.78 Å². The van der Waals surface area contributed by atoms with E-state index in [1.807, 2.05) is 17.0 Å². The molecular weight excluding hydrogens is 347 g/mol. The van der Waals surface area contributed by atoms with Gasteiger partial charge in [0.15, 0.2) is 0 Å². The number of benzene rings is 1. The van der Waals surface area contributed by atoms with Crippen LogP contribution in [0.4, 0.5) is 23.8 Å². The van der Waals surface area contributed by atoms with Gasteiger partial charge in [-0.15, -0.1) is 0 Å². The van der Waals surface area contributed by atoms with Crippen molar-refractivity contribution in [2.24, 2.45) is 0 Å². The van der Waals surface area contributed by atoms with E-state index in [1.54, 1.807) is 6.20 Å². The smallest absolute Gasteiger partial charge is 0.416 e. The van der Waals surface area contributed by atoms with Crippen molar-refractivity contribution in [3.8, 4) is 11.1 Å². The lowest BCUT2D eigenvalue weighted by molar-refractivity contribution is -0.137. The Labute approximate surface area is 148 Å². The van der Waals surface area contributed by atoms with Gasteiger partial charge in [0.05, 0.1) is 5.56 Å². The molecule has 1 aliphatic rings. The second kappa shape index (κ2) is 7.23. The maximum Gasteiger partial charge on any atom is 0.416 e. The van der Waals surface area contributed by atoms with Crippen LogP contribution in [0.2, 0.25) is 0 Å². The van der Waals surface area contributed by atoms with Crippen LogP contribution in [0.1, 0.15) is 12.0 Å². The van der Waals surface area contributed by atoms with Crippen molar-refractivity contribution < 1.29 is 23.1 Å². The van der Waals surface area contributed by atoms with Crippen molar-refractivity contribution in [2.45, 2.75) is 12.6 Å². The van der Waals surface area contributed by atoms with Gasteiger partial charge in [-0.3, -0.25) is 0 Å². The fourth-order valence-corrected chi connectivity index (χ4v) is 2.93. The molecule has 8 heteroatoms. The zero-order valence-corrected chi connectivity index (χ0v) is 13.9. The third kappa shape index (κ3) is 4.07. The molecule has 3 rings (SSSR count). The SMILES string of the molecule is O=C(O)N1CCCN(c2ccc(-c3ccc(C(F)(F)F)cc3)cn2)CC1. The number of aromatic nitrogens is 1. The first-order valence-corrected chi connectivity index (χ1v) is 8.21. The van der Waals surface area contributed by atoms with E-state index in [2.05, 4.69) is 4.98 Å². The number of hydrogen-bond acceptors (Lipinski definition) is 3. The fraction of sp³-hybridized carbons (Fsp3) is 0.333. The number of rotatable bonds is 2. The van der Waals surface area contributed by atoms with Gasteiger partial charge in [0, 0.05) is 37.9 Å². The molecular formula is C18H18F3N3O2. The third-order valence-electron chi connectivity index (χ3n) is 4.38. The van der Waals surface area contributed by atoms with Gasteiger partial charge in [-0.1, -0.05) is 12.1 Å². The summed E-state index contributed by atoms with van der Waals surface area (Å²) in [5.74, 6) is 0.730. The van der Waals surface area contributed by atoms with Gasteiger partial charge in [0.25, 0.3) is 0 Å². The summed E-state index contributed by atoms with van der Waals surface area (Å²) >= 11 is 0. The van der Waals surface area contributed by atoms with Crippen LogP contribution in [0.3, 0.4) is 0 Å². The molecule has 0 saturated carbocycles. The summed E-state index contributed by atoms with van der Waals surface area (Å²) in [5, 5.41) is 9.07. The molecule has 0 bridgehead atoms. The van der Waals surface area contributed by atoms with Gasteiger partial charge < -0.3 is 14.9 Å². The van der Waals surface area contributed by atoms with Crippen LogP contribution in [0.5, 0.6) is 0 Å². The number of amides is 1. The van der Waals surface area contributed by atoms with Gasteiger partial charge in [0.2, 0.25) is 0 Å². The molecule has 26 heavy (non-hydrogen) atoms. The van der Waals surface area contributed by atoms with Crippen LogP contribution in [0.25, 0.3) is 11.1 Å². The molecule has 1 fully saturated rings. The molecule has 0 unspecified atom stereocenters. The largest absolute Gasteiger partial charge is 0.465 e. The number of carboxylic acid groups (broad SMARTS) is 1. The molecule has 1 saturated heterocycles. The van der Waals surface area contributed by atoms with E-state index < -0.39 is 17.8 Å². The van der Waals surface area contributed by atoms with E-state index in [1.165, 1.54) is 17.0 Å². The molecule has 1 aliphatic heterocycles. The zero-order valence-electron chi connectivity index (χ0n) is 13.9. The zero-order chi connectivity index (χ0) is 18.7. The molecule has 0 spiro atoms. The minimum absolute atomic E-state index is 0.414. The summed E-state index contributed by atoms with van der Waals surface area (Å²) in [6, 6.07) is 8.58. The molecule has 1 amide bonds. The molecule has 138 valence electrons. The maximum atomic E-state index is 12.6. The number of anilines is 1. The first-order valence-electron chi connectivity index (χ1n) is 8.21. The molecule has 1 aromatic heterocycles. The van der Waals surface area contributed by atoms with E-state index in [-0.39, 0.29) is 0 Å². The van der Waals surface area contributed by atoms with E-state index in [0.717, 1.165) is 23.5 Å². The first kappa shape index (κ1) is 18.0. The summed E-state index contributed by atoms with van der Waals surface area (Å²) in [6.07, 6.45) is -2.93. The lowest BCUT2D eigenvalue weighted by Crippen LogP contribution is -2.34. The average Bonchev–Trinajstić information content (AvgIpc) is 2.88. The Kier molecular flexibility index (Phi) is 5.01. The average molecular weight is 365 g/mol. The number of halogens is 3. The summed E-state index contributed by atoms with van der Waals surface area (Å²) < 4.78 is 37.9. The van der Waals surface area contributed by atoms with Gasteiger partial charge in [0.1, 0.15) is 5.82 Å². The second-order valence-electron chi connectivity index (χ2n) is 6.09. The van der Waals surface area contributed by atoms with Gasteiger partial charge >= 0.3 is 12.3 Å². The standard InChI is InChI=1S/C18H18F3N3O2/c19-18(20,21)15-5-2-13(3-6-15)14-4-7-16(22-12-14)23-8-1-9-24(11-10-23)17(25)26/h2-7,12H,1,8-11H2,(H,25,26). The minimum Gasteiger partial charge on any atom is -0.465 e. The highest BCUT2D eigenvalue weighted by Crippen LogP contribution is 2.31. The molecule has 0 aliphatic carbocycles. The summed E-state index contributed by atoms with van der Waals surface area (Å²) in [4.78, 5) is 18.9. The Morgan fingerprint density at radius 3 is 2.23 bits per heavy atom. The lowest BCUT2D eigenvalue weighted by atomic mass is 10.1. The van der Waals surface area contributed by atoms with E-state index >= 15 is 0 Å². The fourth-order valence-electron chi connectivity index (χ4n) is 2.93. The quantitative estimate of drug-likeness (QED) is 0.875. The molecule has 5 nitrogen and oxygen atoms in total. The molecule has 2 aromatic rings. The topological polar surface area (TPSA) is 56.7 Å². The van der Waals surface area contributed by atoms with Crippen molar-refractivity contribution in [3.63, 3.8) is 0 Å². The van der Waals surface area contributed by atoms with E-state index in [0.29, 0.717) is 38.2 Å². The Hall–Kier alpha value is -2.77. The van der Waals surface area contributed by atoms with Gasteiger partial charge in [-0.2, -0.15) is 13.2 Å². The molecule has 1 N–H and O–H groups in total. The van der Waals surface area contributed by atoms with Crippen LogP contribution in [-0.2, 0) is 6.18 Å². The van der Waals surface area contributed by atoms with Crippen LogP contribution >= 0.6 is 0 Å². The number of nitrogens with zero attached hydrogens (tertiary/aromatic N) is 3. The highest BCUT2D eigenvalue weighted by atomic mass is 19.4. The molecule has 0 radical (unpaired) electrons. The summed E-state index contributed by atoms with van der Waals surface area (Å²) in [7, 11) is 0.